The number of anilines is 1. The molecule has 0 bridgehead atoms. The number of benzene rings is 1. The molecule has 26 heavy (non-hydrogen) atoms. The summed E-state index contributed by atoms with van der Waals surface area (Å²) in [6, 6.07) is 2.28. The van der Waals surface area contributed by atoms with E-state index in [0.717, 1.165) is 6.07 Å². The molecule has 1 fully saturated rings. The van der Waals surface area contributed by atoms with Gasteiger partial charge in [-0.2, -0.15) is 13.5 Å². The number of nitrogens with one attached hydrogen (secondary N) is 1. The van der Waals surface area contributed by atoms with Crippen LogP contribution in [0.5, 0.6) is 5.75 Å². The molecule has 1 amide bonds. The van der Waals surface area contributed by atoms with Crippen LogP contribution in [0.15, 0.2) is 24.5 Å². The lowest BCUT2D eigenvalue weighted by Crippen LogP contribution is -2.30. The van der Waals surface area contributed by atoms with Crippen LogP contribution in [-0.4, -0.2) is 47.5 Å². The Morgan fingerprint density at radius 1 is 1.35 bits per heavy atom. The van der Waals surface area contributed by atoms with E-state index in [1.54, 1.807) is 10.9 Å². The van der Waals surface area contributed by atoms with E-state index in [1.165, 1.54) is 16.9 Å². The number of phenols is 1. The Morgan fingerprint density at radius 3 is 2.77 bits per heavy atom. The topological polar surface area (TPSA) is 125 Å². The largest absolute Gasteiger partial charge is 0.506 e. The molecule has 0 saturated carbocycles. The number of carbonyl (C=O) groups excluding carboxylic acids is 1. The van der Waals surface area contributed by atoms with Crippen LogP contribution >= 0.6 is 0 Å². The first-order valence-electron chi connectivity index (χ1n) is 7.32. The Morgan fingerprint density at radius 2 is 2.12 bits per heavy atom. The Bertz CT molecular complexity index is 1040. The molecule has 1 aliphatic heterocycles. The number of halogens is 1. The lowest BCUT2D eigenvalue weighted by atomic mass is 10.1. The molecule has 1 aromatic heterocycles. The predicted octanol–water partition coefficient (Wildman–Crippen LogP) is -0.699. The van der Waals surface area contributed by atoms with Crippen LogP contribution in [0.3, 0.4) is 0 Å². The average molecular weight is 380 g/mol. The van der Waals surface area contributed by atoms with Gasteiger partial charge in [-0.15, -0.1) is 0 Å². The second-order valence-corrected chi connectivity index (χ2v) is 6.89. The maximum absolute atomic E-state index is 14.7. The van der Waals surface area contributed by atoms with Crippen molar-refractivity contribution < 1.29 is 27.8 Å². The number of aliphatic hydroxyl groups excluding tert-OH is 1. The zero-order valence-electron chi connectivity index (χ0n) is 13.2. The van der Waals surface area contributed by atoms with Gasteiger partial charge in [0.1, 0.15) is 18.0 Å². The fraction of sp³-hybridized carbons (Fsp3) is 0.200. The first kappa shape index (κ1) is 17.7. The standard InChI is InChI=1S/C15H13FN4O5S/c16-14-11(2-1-10-7-17-19(8-10)5-6-21)3-4-12(22)15(14)20-9-13(23)18-26(20,24)25/h3-4,7-8,21-22H,5-6,9H2,(H,18,23). The minimum absolute atomic E-state index is 0.0957. The summed E-state index contributed by atoms with van der Waals surface area (Å²) in [5, 5.41) is 22.7. The Hall–Kier alpha value is -3.10. The number of aromatic hydroxyl groups is 1. The number of phenolic OH excluding ortho intramolecular Hbond substituents is 1. The molecule has 1 saturated heterocycles. The maximum atomic E-state index is 14.7. The zero-order chi connectivity index (χ0) is 18.9. The highest BCUT2D eigenvalue weighted by molar-refractivity contribution is 7.92. The van der Waals surface area contributed by atoms with Crippen LogP contribution in [0.1, 0.15) is 11.1 Å². The first-order valence-corrected chi connectivity index (χ1v) is 8.76. The smallest absolute Gasteiger partial charge is 0.326 e. The summed E-state index contributed by atoms with van der Waals surface area (Å²) in [5.74, 6) is 2.65. The molecule has 136 valence electrons. The summed E-state index contributed by atoms with van der Waals surface area (Å²) in [5.41, 5.74) is -0.355. The molecule has 2 aromatic rings. The summed E-state index contributed by atoms with van der Waals surface area (Å²) < 4.78 is 42.1. The maximum Gasteiger partial charge on any atom is 0.326 e. The molecule has 0 atom stereocenters. The van der Waals surface area contributed by atoms with Crippen LogP contribution < -0.4 is 9.03 Å². The summed E-state index contributed by atoms with van der Waals surface area (Å²) in [4.78, 5) is 11.3. The highest BCUT2D eigenvalue weighted by Crippen LogP contribution is 2.34. The van der Waals surface area contributed by atoms with Crippen LogP contribution in [0.4, 0.5) is 10.1 Å². The van der Waals surface area contributed by atoms with Crippen molar-refractivity contribution in [3.63, 3.8) is 0 Å². The van der Waals surface area contributed by atoms with Crippen molar-refractivity contribution in [3.05, 3.63) is 41.5 Å². The van der Waals surface area contributed by atoms with Gasteiger partial charge in [0.25, 0.3) is 5.91 Å². The van der Waals surface area contributed by atoms with Gasteiger partial charge in [0.2, 0.25) is 0 Å². The quantitative estimate of drug-likeness (QED) is 0.605. The van der Waals surface area contributed by atoms with E-state index < -0.39 is 39.9 Å². The lowest BCUT2D eigenvalue weighted by Gasteiger charge is -2.17. The van der Waals surface area contributed by atoms with Gasteiger partial charge >= 0.3 is 10.2 Å². The van der Waals surface area contributed by atoms with E-state index >= 15 is 0 Å². The lowest BCUT2D eigenvalue weighted by molar-refractivity contribution is -0.117. The normalized spacial score (nSPS) is 15.5. The molecule has 3 N–H and O–H groups in total. The molecular formula is C15H13FN4O5S. The van der Waals surface area contributed by atoms with E-state index in [9.17, 15) is 22.7 Å². The van der Waals surface area contributed by atoms with Gasteiger partial charge in [-0.3, -0.25) is 9.48 Å². The Balaban J connectivity index is 1.98. The average Bonchev–Trinajstić information content (AvgIpc) is 3.11. The number of hydrogen-bond acceptors (Lipinski definition) is 6. The Labute approximate surface area is 147 Å². The number of nitrogens with zero attached hydrogens (tertiary/aromatic N) is 3. The van der Waals surface area contributed by atoms with Gasteiger partial charge in [0.05, 0.1) is 30.5 Å². The van der Waals surface area contributed by atoms with E-state index in [-0.39, 0.29) is 18.7 Å². The van der Waals surface area contributed by atoms with E-state index in [1.807, 2.05) is 0 Å². The van der Waals surface area contributed by atoms with Gasteiger partial charge in [-0.25, -0.2) is 13.4 Å². The van der Waals surface area contributed by atoms with Crippen molar-refractivity contribution in [2.45, 2.75) is 6.54 Å². The molecule has 1 aromatic carbocycles. The second-order valence-electron chi connectivity index (χ2n) is 5.30. The number of aliphatic hydroxyl groups is 1. The highest BCUT2D eigenvalue weighted by atomic mass is 32.2. The monoisotopic (exact) mass is 380 g/mol. The highest BCUT2D eigenvalue weighted by Gasteiger charge is 2.37. The van der Waals surface area contributed by atoms with Crippen molar-refractivity contribution in [3.8, 4) is 17.6 Å². The molecule has 0 spiro atoms. The molecule has 0 aliphatic carbocycles. The Kier molecular flexibility index (Phi) is 4.54. The molecule has 3 rings (SSSR count). The minimum atomic E-state index is -4.27. The van der Waals surface area contributed by atoms with E-state index in [4.69, 9.17) is 5.11 Å². The number of aromatic nitrogens is 2. The van der Waals surface area contributed by atoms with Crippen LogP contribution in [-0.2, 0) is 21.5 Å². The van der Waals surface area contributed by atoms with Crippen molar-refractivity contribution in [1.29, 1.82) is 0 Å². The van der Waals surface area contributed by atoms with Crippen molar-refractivity contribution >= 4 is 21.8 Å². The molecule has 0 radical (unpaired) electrons. The van der Waals surface area contributed by atoms with Gasteiger partial charge < -0.3 is 10.2 Å². The number of carbonyl (C=O) groups is 1. The second kappa shape index (κ2) is 6.66. The zero-order valence-corrected chi connectivity index (χ0v) is 14.0. The molecule has 1 aliphatic rings. The van der Waals surface area contributed by atoms with Crippen molar-refractivity contribution in [2.75, 3.05) is 17.5 Å². The van der Waals surface area contributed by atoms with E-state index in [2.05, 4.69) is 16.9 Å². The van der Waals surface area contributed by atoms with Gasteiger partial charge in [-0.05, 0) is 12.1 Å². The summed E-state index contributed by atoms with van der Waals surface area (Å²) in [7, 11) is -4.27. The number of hydrogen-bond donors (Lipinski definition) is 3. The molecule has 0 unspecified atom stereocenters. The van der Waals surface area contributed by atoms with Gasteiger partial charge in [0.15, 0.2) is 5.82 Å². The third-order valence-electron chi connectivity index (χ3n) is 3.47. The summed E-state index contributed by atoms with van der Waals surface area (Å²) in [6.07, 6.45) is 2.98. The fourth-order valence-electron chi connectivity index (χ4n) is 2.33. The van der Waals surface area contributed by atoms with E-state index in [0.29, 0.717) is 9.87 Å². The molecular weight excluding hydrogens is 367 g/mol. The van der Waals surface area contributed by atoms with Crippen LogP contribution in [0.2, 0.25) is 0 Å². The predicted molar refractivity (Wildman–Crippen MR) is 87.8 cm³/mol. The first-order chi connectivity index (χ1) is 12.3. The fourth-order valence-corrected chi connectivity index (χ4v) is 3.49. The molecule has 9 nitrogen and oxygen atoms in total. The van der Waals surface area contributed by atoms with Crippen molar-refractivity contribution in [1.82, 2.24) is 14.5 Å². The minimum Gasteiger partial charge on any atom is -0.506 e. The van der Waals surface area contributed by atoms with Gasteiger partial charge in [-0.1, -0.05) is 11.8 Å². The molecule has 11 heteroatoms. The number of rotatable bonds is 3. The summed E-state index contributed by atoms with van der Waals surface area (Å²) >= 11 is 0. The summed E-state index contributed by atoms with van der Waals surface area (Å²) in [6.45, 7) is -0.452. The third-order valence-corrected chi connectivity index (χ3v) is 4.85. The number of amides is 1. The third kappa shape index (κ3) is 3.32. The van der Waals surface area contributed by atoms with Crippen LogP contribution in [0, 0.1) is 17.7 Å². The van der Waals surface area contributed by atoms with Crippen LogP contribution in [0.25, 0.3) is 0 Å². The van der Waals surface area contributed by atoms with Crippen molar-refractivity contribution in [2.24, 2.45) is 0 Å². The van der Waals surface area contributed by atoms with Gasteiger partial charge in [0, 0.05) is 6.20 Å². The molecule has 2 heterocycles. The SMILES string of the molecule is O=C1CN(c2c(O)ccc(C#Cc3cnn(CCO)c3)c2F)S(=O)(=O)N1.